The van der Waals surface area contributed by atoms with Gasteiger partial charge in [0.2, 0.25) is 0 Å². The van der Waals surface area contributed by atoms with Crippen molar-refractivity contribution in [3.63, 3.8) is 0 Å². The molecule has 0 atom stereocenters. The van der Waals surface area contributed by atoms with Gasteiger partial charge in [0.25, 0.3) is 0 Å². The Kier molecular flexibility index (Phi) is 5.20. The van der Waals surface area contributed by atoms with Crippen molar-refractivity contribution in [2.24, 2.45) is 5.41 Å². The molecular formula is C14H16ClNO3. The summed E-state index contributed by atoms with van der Waals surface area (Å²) >= 11 is 5.81. The van der Waals surface area contributed by atoms with Crippen molar-refractivity contribution < 1.29 is 14.6 Å². The monoisotopic (exact) mass is 281 g/mol. The molecule has 102 valence electrons. The fraction of sp³-hybridized carbons (Fsp3) is 0.429. The molecule has 1 aromatic rings. The standard InChI is InChI=1S/C14H16ClNO3/c1-14(2,9-16)6-3-7-19-12-8-10(15)4-5-11(12)13(17)18/h4-5,8H,3,6-7H2,1-2H3,(H,17,18). The summed E-state index contributed by atoms with van der Waals surface area (Å²) in [5.41, 5.74) is -0.309. The van der Waals surface area contributed by atoms with Gasteiger partial charge in [-0.15, -0.1) is 0 Å². The number of halogens is 1. The van der Waals surface area contributed by atoms with Gasteiger partial charge in [-0.1, -0.05) is 11.6 Å². The fourth-order valence-electron chi connectivity index (χ4n) is 1.54. The van der Waals surface area contributed by atoms with Crippen molar-refractivity contribution in [3.05, 3.63) is 28.8 Å². The Balaban J connectivity index is 2.61. The van der Waals surface area contributed by atoms with Gasteiger partial charge in [0.1, 0.15) is 11.3 Å². The minimum Gasteiger partial charge on any atom is -0.493 e. The maximum absolute atomic E-state index is 11.0. The first kappa shape index (κ1) is 15.3. The molecule has 0 aliphatic heterocycles. The number of rotatable bonds is 6. The van der Waals surface area contributed by atoms with E-state index in [0.717, 1.165) is 0 Å². The molecule has 19 heavy (non-hydrogen) atoms. The summed E-state index contributed by atoms with van der Waals surface area (Å²) in [6.45, 7) is 4.07. The molecule has 5 heteroatoms. The van der Waals surface area contributed by atoms with Crippen molar-refractivity contribution in [2.75, 3.05) is 6.61 Å². The number of nitrogens with zero attached hydrogens (tertiary/aromatic N) is 1. The van der Waals surface area contributed by atoms with Crippen LogP contribution in [-0.2, 0) is 0 Å². The van der Waals surface area contributed by atoms with E-state index in [0.29, 0.717) is 24.5 Å². The minimum absolute atomic E-state index is 0.0870. The van der Waals surface area contributed by atoms with Crippen LogP contribution in [0.5, 0.6) is 5.75 Å². The molecule has 1 N–H and O–H groups in total. The average molecular weight is 282 g/mol. The highest BCUT2D eigenvalue weighted by molar-refractivity contribution is 6.30. The van der Waals surface area contributed by atoms with Gasteiger partial charge in [0.05, 0.1) is 18.1 Å². The molecule has 0 aliphatic carbocycles. The SMILES string of the molecule is CC(C)(C#N)CCCOc1cc(Cl)ccc1C(=O)O. The predicted molar refractivity (Wildman–Crippen MR) is 72.5 cm³/mol. The summed E-state index contributed by atoms with van der Waals surface area (Å²) in [6.07, 6.45) is 1.36. The molecule has 0 fully saturated rings. The van der Waals surface area contributed by atoms with Crippen LogP contribution in [0.2, 0.25) is 5.02 Å². The molecule has 1 aromatic carbocycles. The second kappa shape index (κ2) is 6.44. The maximum atomic E-state index is 11.0. The first-order chi connectivity index (χ1) is 8.85. The van der Waals surface area contributed by atoms with Gasteiger partial charge in [-0.2, -0.15) is 5.26 Å². The van der Waals surface area contributed by atoms with Gasteiger partial charge in [-0.25, -0.2) is 4.79 Å². The number of carboxylic acids is 1. The summed E-state index contributed by atoms with van der Waals surface area (Å²) in [7, 11) is 0. The summed E-state index contributed by atoms with van der Waals surface area (Å²) in [6, 6.07) is 6.62. The lowest BCUT2D eigenvalue weighted by Gasteiger charge is -2.15. The van der Waals surface area contributed by atoms with Gasteiger partial charge in [-0.3, -0.25) is 0 Å². The van der Waals surface area contributed by atoms with E-state index in [-0.39, 0.29) is 11.3 Å². The number of carbonyl (C=O) groups is 1. The number of ether oxygens (including phenoxy) is 1. The van der Waals surface area contributed by atoms with E-state index >= 15 is 0 Å². The predicted octanol–water partition coefficient (Wildman–Crippen LogP) is 3.75. The highest BCUT2D eigenvalue weighted by atomic mass is 35.5. The number of nitriles is 1. The van der Waals surface area contributed by atoms with E-state index in [1.165, 1.54) is 18.2 Å². The average Bonchev–Trinajstić information content (AvgIpc) is 2.34. The van der Waals surface area contributed by atoms with Crippen molar-refractivity contribution in [1.29, 1.82) is 5.26 Å². The second-order valence-electron chi connectivity index (χ2n) is 4.89. The number of aromatic carboxylic acids is 1. The Hall–Kier alpha value is -1.73. The van der Waals surface area contributed by atoms with E-state index in [2.05, 4.69) is 6.07 Å². The summed E-state index contributed by atoms with van der Waals surface area (Å²) in [4.78, 5) is 11.0. The third kappa shape index (κ3) is 4.80. The Labute approximate surface area is 117 Å². The quantitative estimate of drug-likeness (QED) is 0.806. The molecule has 0 aromatic heterocycles. The van der Waals surface area contributed by atoms with Gasteiger partial charge in [-0.05, 0) is 44.9 Å². The number of hydrogen-bond acceptors (Lipinski definition) is 3. The largest absolute Gasteiger partial charge is 0.493 e. The van der Waals surface area contributed by atoms with Crippen LogP contribution in [0.25, 0.3) is 0 Å². The molecule has 0 unspecified atom stereocenters. The third-order valence-electron chi connectivity index (χ3n) is 2.68. The number of carboxylic acid groups (broad SMARTS) is 1. The van der Waals surface area contributed by atoms with Gasteiger partial charge >= 0.3 is 5.97 Å². The van der Waals surface area contributed by atoms with Crippen LogP contribution >= 0.6 is 11.6 Å². The lowest BCUT2D eigenvalue weighted by Crippen LogP contribution is -2.11. The molecule has 0 aliphatic rings. The lowest BCUT2D eigenvalue weighted by molar-refractivity contribution is 0.0692. The highest BCUT2D eigenvalue weighted by Gasteiger charge is 2.16. The van der Waals surface area contributed by atoms with E-state index < -0.39 is 11.4 Å². The van der Waals surface area contributed by atoms with Crippen molar-refractivity contribution >= 4 is 17.6 Å². The zero-order valence-electron chi connectivity index (χ0n) is 10.9. The van der Waals surface area contributed by atoms with E-state index in [1.807, 2.05) is 13.8 Å². The lowest BCUT2D eigenvalue weighted by atomic mass is 9.90. The highest BCUT2D eigenvalue weighted by Crippen LogP contribution is 2.25. The van der Waals surface area contributed by atoms with E-state index in [4.69, 9.17) is 26.7 Å². The Morgan fingerprint density at radius 1 is 1.53 bits per heavy atom. The topological polar surface area (TPSA) is 70.3 Å². The summed E-state index contributed by atoms with van der Waals surface area (Å²) in [5, 5.41) is 18.3. The molecular weight excluding hydrogens is 266 g/mol. The van der Waals surface area contributed by atoms with Crippen molar-refractivity contribution in [3.8, 4) is 11.8 Å². The second-order valence-corrected chi connectivity index (χ2v) is 5.33. The minimum atomic E-state index is -1.05. The van der Waals surface area contributed by atoms with Crippen LogP contribution in [0, 0.1) is 16.7 Å². The molecule has 0 heterocycles. The Morgan fingerprint density at radius 2 is 2.21 bits per heavy atom. The number of benzene rings is 1. The van der Waals surface area contributed by atoms with Gasteiger partial charge in [0, 0.05) is 5.02 Å². The van der Waals surface area contributed by atoms with Crippen LogP contribution in [0.15, 0.2) is 18.2 Å². The normalized spacial score (nSPS) is 10.8. The molecule has 0 saturated carbocycles. The molecule has 0 saturated heterocycles. The maximum Gasteiger partial charge on any atom is 0.339 e. The first-order valence-corrected chi connectivity index (χ1v) is 6.30. The van der Waals surface area contributed by atoms with E-state index in [9.17, 15) is 4.79 Å². The number of hydrogen-bond donors (Lipinski definition) is 1. The first-order valence-electron chi connectivity index (χ1n) is 5.92. The Morgan fingerprint density at radius 3 is 2.79 bits per heavy atom. The summed E-state index contributed by atoms with van der Waals surface area (Å²) < 4.78 is 5.44. The molecule has 0 spiro atoms. The Bertz CT molecular complexity index is 506. The zero-order valence-corrected chi connectivity index (χ0v) is 11.7. The van der Waals surface area contributed by atoms with Crippen LogP contribution < -0.4 is 4.74 Å². The molecule has 0 radical (unpaired) electrons. The van der Waals surface area contributed by atoms with E-state index in [1.54, 1.807) is 0 Å². The van der Waals surface area contributed by atoms with Crippen molar-refractivity contribution in [1.82, 2.24) is 0 Å². The smallest absolute Gasteiger partial charge is 0.339 e. The summed E-state index contributed by atoms with van der Waals surface area (Å²) in [5.74, 6) is -0.793. The van der Waals surface area contributed by atoms with Crippen LogP contribution in [0.4, 0.5) is 0 Å². The molecule has 1 rings (SSSR count). The molecule has 0 bridgehead atoms. The molecule has 0 amide bonds. The van der Waals surface area contributed by atoms with Crippen molar-refractivity contribution in [2.45, 2.75) is 26.7 Å². The molecule has 4 nitrogen and oxygen atoms in total. The van der Waals surface area contributed by atoms with Crippen LogP contribution in [-0.4, -0.2) is 17.7 Å². The van der Waals surface area contributed by atoms with Crippen LogP contribution in [0.3, 0.4) is 0 Å². The third-order valence-corrected chi connectivity index (χ3v) is 2.92. The van der Waals surface area contributed by atoms with Gasteiger partial charge < -0.3 is 9.84 Å². The zero-order chi connectivity index (χ0) is 14.5. The fourth-order valence-corrected chi connectivity index (χ4v) is 1.71. The van der Waals surface area contributed by atoms with Crippen LogP contribution in [0.1, 0.15) is 37.0 Å². The van der Waals surface area contributed by atoms with Gasteiger partial charge in [0.15, 0.2) is 0 Å².